The highest BCUT2D eigenvalue weighted by molar-refractivity contribution is 7.80. The first kappa shape index (κ1) is 22.0. The Kier molecular flexibility index (Phi) is 6.77. The number of hydrogen-bond donors (Lipinski definition) is 2. The summed E-state index contributed by atoms with van der Waals surface area (Å²) in [6.45, 7) is 1.35. The first-order valence-corrected chi connectivity index (χ1v) is 11.2. The van der Waals surface area contributed by atoms with Crippen molar-refractivity contribution in [1.82, 2.24) is 10.6 Å². The number of nitrogens with one attached hydrogen (secondary N) is 2. The number of aliphatic imine (C=N–C) groups is 1. The molecule has 2 atom stereocenters. The number of halogens is 2. The SMILES string of the molecule is CN1C(=O)C(NC(=S)NC[C@@H]2CCCO2)N=C(c2ccccc2Cl)c2cc(Cl)ccc21. The molecule has 0 saturated carbocycles. The lowest BCUT2D eigenvalue weighted by molar-refractivity contribution is -0.119. The van der Waals surface area contributed by atoms with Crippen LogP contribution < -0.4 is 15.5 Å². The van der Waals surface area contributed by atoms with Crippen molar-refractivity contribution in [2.24, 2.45) is 4.99 Å². The maximum Gasteiger partial charge on any atom is 0.272 e. The van der Waals surface area contributed by atoms with Crippen LogP contribution in [-0.4, -0.2) is 49.2 Å². The highest BCUT2D eigenvalue weighted by Crippen LogP contribution is 2.31. The minimum absolute atomic E-state index is 0.126. The van der Waals surface area contributed by atoms with Crippen LogP contribution in [0.15, 0.2) is 47.5 Å². The first-order valence-electron chi connectivity index (χ1n) is 10.00. The highest BCUT2D eigenvalue weighted by Gasteiger charge is 2.31. The number of fused-ring (bicyclic) bond motifs is 1. The third-order valence-corrected chi connectivity index (χ3v) is 6.14. The Morgan fingerprint density at radius 2 is 2.06 bits per heavy atom. The monoisotopic (exact) mass is 476 g/mol. The number of anilines is 1. The largest absolute Gasteiger partial charge is 0.376 e. The summed E-state index contributed by atoms with van der Waals surface area (Å²) in [5, 5.41) is 7.59. The number of thiocarbonyl (C=S) groups is 1. The van der Waals surface area contributed by atoms with Gasteiger partial charge in [-0.1, -0.05) is 41.4 Å². The van der Waals surface area contributed by atoms with E-state index in [9.17, 15) is 4.79 Å². The molecule has 0 aliphatic carbocycles. The van der Waals surface area contributed by atoms with Gasteiger partial charge in [-0.15, -0.1) is 0 Å². The maximum atomic E-state index is 13.2. The second kappa shape index (κ2) is 9.53. The van der Waals surface area contributed by atoms with Crippen molar-refractivity contribution in [3.8, 4) is 0 Å². The second-order valence-electron chi connectivity index (χ2n) is 7.41. The number of rotatable bonds is 4. The predicted octanol–water partition coefficient (Wildman–Crippen LogP) is 3.78. The zero-order valence-electron chi connectivity index (χ0n) is 16.9. The summed E-state index contributed by atoms with van der Waals surface area (Å²) in [5.74, 6) is -0.244. The molecule has 2 N–H and O–H groups in total. The van der Waals surface area contributed by atoms with Gasteiger partial charge >= 0.3 is 0 Å². The molecular formula is C22H22Cl2N4O2S. The summed E-state index contributed by atoms with van der Waals surface area (Å²) in [6.07, 6.45) is 1.24. The summed E-state index contributed by atoms with van der Waals surface area (Å²) >= 11 is 18.2. The number of amides is 1. The van der Waals surface area contributed by atoms with Gasteiger partial charge in [-0.2, -0.15) is 0 Å². The molecule has 1 amide bonds. The lowest BCUT2D eigenvalue weighted by Gasteiger charge is -2.22. The van der Waals surface area contributed by atoms with Gasteiger partial charge in [0.15, 0.2) is 5.11 Å². The van der Waals surface area contributed by atoms with Gasteiger partial charge in [-0.3, -0.25) is 4.79 Å². The molecule has 1 fully saturated rings. The second-order valence-corrected chi connectivity index (χ2v) is 8.66. The molecule has 4 rings (SSSR count). The number of carbonyl (C=O) groups is 1. The minimum Gasteiger partial charge on any atom is -0.376 e. The molecular weight excluding hydrogens is 455 g/mol. The molecule has 0 aromatic heterocycles. The van der Waals surface area contributed by atoms with Gasteiger partial charge in [0.2, 0.25) is 6.17 Å². The Bertz CT molecular complexity index is 1040. The van der Waals surface area contributed by atoms with Gasteiger partial charge in [-0.25, -0.2) is 4.99 Å². The van der Waals surface area contributed by atoms with Gasteiger partial charge in [-0.05, 0) is 49.3 Å². The lowest BCUT2D eigenvalue weighted by Crippen LogP contribution is -2.50. The van der Waals surface area contributed by atoms with E-state index >= 15 is 0 Å². The van der Waals surface area contributed by atoms with E-state index in [1.807, 2.05) is 18.2 Å². The highest BCUT2D eigenvalue weighted by atomic mass is 35.5. The van der Waals surface area contributed by atoms with Crippen LogP contribution in [0.2, 0.25) is 10.0 Å². The number of benzene rings is 2. The summed E-state index contributed by atoms with van der Waals surface area (Å²) in [7, 11) is 1.71. The molecule has 2 aromatic rings. The standard InChI is InChI=1S/C22H22Cl2N4O2S/c1-28-18-9-8-13(23)11-16(18)19(15-6-2-3-7-17(15)24)26-20(21(28)29)27-22(31)25-12-14-5-4-10-30-14/h2-3,6-9,11,14,20H,4-5,10,12H2,1H3,(H2,25,27,31)/t14-,20?/m0/s1. The quantitative estimate of drug-likeness (QED) is 0.657. The Hall–Kier alpha value is -2.19. The lowest BCUT2D eigenvalue weighted by atomic mass is 10.00. The smallest absolute Gasteiger partial charge is 0.272 e. The van der Waals surface area contributed by atoms with Crippen LogP contribution in [0, 0.1) is 0 Å². The topological polar surface area (TPSA) is 66.0 Å². The molecule has 9 heteroatoms. The summed E-state index contributed by atoms with van der Waals surface area (Å²) in [5.41, 5.74) is 2.69. The van der Waals surface area contributed by atoms with Crippen molar-refractivity contribution in [2.45, 2.75) is 25.1 Å². The number of carbonyl (C=O) groups excluding carboxylic acids is 1. The van der Waals surface area contributed by atoms with Crippen molar-refractivity contribution < 1.29 is 9.53 Å². The fourth-order valence-corrected chi connectivity index (χ4v) is 4.29. The van der Waals surface area contributed by atoms with E-state index in [1.54, 1.807) is 36.2 Å². The van der Waals surface area contributed by atoms with E-state index < -0.39 is 6.17 Å². The molecule has 2 aliphatic rings. The number of benzodiazepines with no additional fused rings is 1. The number of ether oxygens (including phenoxy) is 1. The Balaban J connectivity index is 1.68. The average molecular weight is 477 g/mol. The number of nitrogens with zero attached hydrogens (tertiary/aromatic N) is 2. The van der Waals surface area contributed by atoms with E-state index in [4.69, 9.17) is 45.1 Å². The average Bonchev–Trinajstić information content (AvgIpc) is 3.25. The number of hydrogen-bond acceptors (Lipinski definition) is 4. The fraction of sp³-hybridized carbons (Fsp3) is 0.318. The molecule has 2 heterocycles. The molecule has 162 valence electrons. The first-order chi connectivity index (χ1) is 14.9. The van der Waals surface area contributed by atoms with Gasteiger partial charge in [0.05, 0.1) is 17.5 Å². The van der Waals surface area contributed by atoms with Crippen LogP contribution >= 0.6 is 35.4 Å². The van der Waals surface area contributed by atoms with Gasteiger partial charge in [0.25, 0.3) is 5.91 Å². The summed E-state index contributed by atoms with van der Waals surface area (Å²) in [6, 6.07) is 12.7. The van der Waals surface area contributed by atoms with Gasteiger partial charge in [0.1, 0.15) is 0 Å². The van der Waals surface area contributed by atoms with Gasteiger partial charge < -0.3 is 20.3 Å². The third kappa shape index (κ3) is 4.85. The molecule has 1 unspecified atom stereocenters. The van der Waals surface area contributed by atoms with E-state index in [0.717, 1.165) is 25.0 Å². The Morgan fingerprint density at radius 1 is 1.26 bits per heavy atom. The van der Waals surface area contributed by atoms with Crippen molar-refractivity contribution in [1.29, 1.82) is 0 Å². The van der Waals surface area contributed by atoms with E-state index in [-0.39, 0.29) is 12.0 Å². The fourth-order valence-electron chi connectivity index (χ4n) is 3.70. The minimum atomic E-state index is -0.924. The van der Waals surface area contributed by atoms with Crippen molar-refractivity contribution >= 4 is 57.8 Å². The van der Waals surface area contributed by atoms with Crippen LogP contribution in [-0.2, 0) is 9.53 Å². The van der Waals surface area contributed by atoms with Crippen LogP contribution in [0.4, 0.5) is 5.69 Å². The van der Waals surface area contributed by atoms with Crippen molar-refractivity contribution in [3.63, 3.8) is 0 Å². The van der Waals surface area contributed by atoms with Crippen LogP contribution in [0.1, 0.15) is 24.0 Å². The number of likely N-dealkylation sites (N-methyl/N-ethyl adjacent to an activating group) is 1. The van der Waals surface area contributed by atoms with E-state index in [2.05, 4.69) is 10.6 Å². The van der Waals surface area contributed by atoms with Crippen LogP contribution in [0.5, 0.6) is 0 Å². The Morgan fingerprint density at radius 3 is 2.81 bits per heavy atom. The molecule has 2 aromatic carbocycles. The maximum absolute atomic E-state index is 13.2. The Labute approximate surface area is 196 Å². The van der Waals surface area contributed by atoms with Crippen LogP contribution in [0.3, 0.4) is 0 Å². The molecule has 1 saturated heterocycles. The zero-order valence-corrected chi connectivity index (χ0v) is 19.2. The van der Waals surface area contributed by atoms with E-state index in [1.165, 1.54) is 0 Å². The third-order valence-electron chi connectivity index (χ3n) is 5.31. The van der Waals surface area contributed by atoms with Crippen LogP contribution in [0.25, 0.3) is 0 Å². The summed E-state index contributed by atoms with van der Waals surface area (Å²) < 4.78 is 5.61. The zero-order chi connectivity index (χ0) is 22.0. The molecule has 0 bridgehead atoms. The summed E-state index contributed by atoms with van der Waals surface area (Å²) in [4.78, 5) is 19.5. The predicted molar refractivity (Wildman–Crippen MR) is 128 cm³/mol. The van der Waals surface area contributed by atoms with Crippen molar-refractivity contribution in [3.05, 3.63) is 63.6 Å². The van der Waals surface area contributed by atoms with Gasteiger partial charge in [0, 0.05) is 41.4 Å². The normalized spacial score (nSPS) is 20.7. The van der Waals surface area contributed by atoms with Crippen molar-refractivity contribution in [2.75, 3.05) is 25.1 Å². The molecule has 31 heavy (non-hydrogen) atoms. The molecule has 6 nitrogen and oxygen atoms in total. The molecule has 0 spiro atoms. The molecule has 0 radical (unpaired) electrons. The molecule has 2 aliphatic heterocycles. The van der Waals surface area contributed by atoms with E-state index in [0.29, 0.717) is 38.7 Å².